The molecule has 1 aromatic heterocycles. The summed E-state index contributed by atoms with van der Waals surface area (Å²) >= 11 is 12.2. The number of hydrogen-bond donors (Lipinski definition) is 2. The Morgan fingerprint density at radius 3 is 2.57 bits per heavy atom. The molecule has 0 saturated carbocycles. The van der Waals surface area contributed by atoms with Crippen molar-refractivity contribution in [3.63, 3.8) is 0 Å². The van der Waals surface area contributed by atoms with E-state index in [1.54, 1.807) is 24.3 Å². The zero-order valence-electron chi connectivity index (χ0n) is 19.6. The molecule has 3 N–H and O–H groups in total. The van der Waals surface area contributed by atoms with Crippen LogP contribution in [0.5, 0.6) is 0 Å². The highest BCUT2D eigenvalue weighted by Crippen LogP contribution is 2.27. The molecule has 2 aromatic carbocycles. The number of halogens is 3. The Balaban J connectivity index is 1.67. The van der Waals surface area contributed by atoms with Crippen molar-refractivity contribution in [2.24, 2.45) is 5.73 Å². The molecule has 0 aliphatic carbocycles. The van der Waals surface area contributed by atoms with E-state index in [-0.39, 0.29) is 29.7 Å². The molecule has 1 amide bonds. The lowest BCUT2D eigenvalue weighted by Crippen LogP contribution is -2.43. The van der Waals surface area contributed by atoms with Crippen LogP contribution in [-0.2, 0) is 6.54 Å². The summed E-state index contributed by atoms with van der Waals surface area (Å²) in [6.45, 7) is 4.14. The maximum Gasteiger partial charge on any atom is 0.270 e. The molecule has 3 aromatic rings. The molecule has 0 fully saturated rings. The van der Waals surface area contributed by atoms with Gasteiger partial charge in [-0.1, -0.05) is 29.3 Å². The number of amides is 1. The second-order valence-electron chi connectivity index (χ2n) is 8.62. The lowest BCUT2D eigenvalue weighted by atomic mass is 10.0. The number of nitrogens with one attached hydrogen (secondary N) is 1. The lowest BCUT2D eigenvalue weighted by molar-refractivity contribution is 0.0934. The topological polar surface area (TPSA) is 74.5 Å². The Morgan fingerprint density at radius 2 is 1.91 bits per heavy atom. The average molecular weight is 514 g/mol. The maximum atomic E-state index is 13.7. The highest BCUT2D eigenvalue weighted by Gasteiger charge is 2.21. The minimum absolute atomic E-state index is 0.248. The SMILES string of the molecule is Cc1cc(F)ccc1-c1cc(CN2C=CN(C)C2N)cc(C(=O)N[C@H](C)c2ccc(Cl)c(Cl)c2)n1. The summed E-state index contributed by atoms with van der Waals surface area (Å²) in [6.07, 6.45) is 3.48. The molecule has 4 rings (SSSR count). The Morgan fingerprint density at radius 1 is 1.14 bits per heavy atom. The molecule has 1 aliphatic rings. The first kappa shape index (κ1) is 25.0. The second-order valence-corrected chi connectivity index (χ2v) is 9.44. The number of nitrogens with two attached hydrogens (primary N) is 1. The molecule has 0 spiro atoms. The molecular formula is C26H26Cl2FN5O. The number of carbonyl (C=O) groups is 1. The van der Waals surface area contributed by atoms with E-state index >= 15 is 0 Å². The molecule has 0 saturated heterocycles. The summed E-state index contributed by atoms with van der Waals surface area (Å²) < 4.78 is 13.7. The third kappa shape index (κ3) is 5.59. The van der Waals surface area contributed by atoms with Gasteiger partial charge in [-0.2, -0.15) is 0 Å². The normalized spacial score (nSPS) is 16.0. The van der Waals surface area contributed by atoms with Gasteiger partial charge in [-0.05, 0) is 73.0 Å². The Bertz CT molecular complexity index is 1300. The fourth-order valence-corrected chi connectivity index (χ4v) is 4.25. The molecule has 35 heavy (non-hydrogen) atoms. The van der Waals surface area contributed by atoms with Gasteiger partial charge in [0.25, 0.3) is 5.91 Å². The molecule has 182 valence electrons. The summed E-state index contributed by atoms with van der Waals surface area (Å²) in [5.41, 5.74) is 10.2. The van der Waals surface area contributed by atoms with E-state index in [9.17, 15) is 9.18 Å². The van der Waals surface area contributed by atoms with Crippen molar-refractivity contribution in [3.8, 4) is 11.3 Å². The zero-order chi connectivity index (χ0) is 25.3. The first-order valence-corrected chi connectivity index (χ1v) is 11.8. The predicted molar refractivity (Wildman–Crippen MR) is 137 cm³/mol. The molecule has 1 unspecified atom stereocenters. The smallest absolute Gasteiger partial charge is 0.270 e. The van der Waals surface area contributed by atoms with Crippen molar-refractivity contribution in [2.45, 2.75) is 32.7 Å². The number of benzene rings is 2. The largest absolute Gasteiger partial charge is 0.347 e. The van der Waals surface area contributed by atoms with Crippen LogP contribution in [0.1, 0.15) is 40.1 Å². The standard InChI is InChI=1S/C26H26Cl2FN5O/c1-15-10-19(29)5-6-20(15)23-11-17(14-34-9-8-33(3)26(34)30)12-24(32-23)25(35)31-16(2)18-4-7-21(27)22(28)13-18/h4-13,16,26H,14,30H2,1-3H3,(H,31,35)/t16-,26?/m1/s1. The van der Waals surface area contributed by atoms with Gasteiger partial charge in [0, 0.05) is 31.6 Å². The third-order valence-corrected chi connectivity index (χ3v) is 6.73. The van der Waals surface area contributed by atoms with Crippen LogP contribution in [0.15, 0.2) is 60.9 Å². The number of rotatable bonds is 6. The third-order valence-electron chi connectivity index (χ3n) is 5.99. The van der Waals surface area contributed by atoms with Crippen LogP contribution in [0.4, 0.5) is 4.39 Å². The van der Waals surface area contributed by atoms with Gasteiger partial charge >= 0.3 is 0 Å². The van der Waals surface area contributed by atoms with Gasteiger partial charge in [0.15, 0.2) is 6.29 Å². The van der Waals surface area contributed by atoms with Crippen LogP contribution in [0.3, 0.4) is 0 Å². The van der Waals surface area contributed by atoms with Crippen LogP contribution in [0, 0.1) is 12.7 Å². The van der Waals surface area contributed by atoms with Gasteiger partial charge in [-0.15, -0.1) is 0 Å². The van der Waals surface area contributed by atoms with Crippen LogP contribution in [0.25, 0.3) is 11.3 Å². The number of aromatic nitrogens is 1. The van der Waals surface area contributed by atoms with Crippen molar-refractivity contribution >= 4 is 29.1 Å². The Labute approximate surface area is 214 Å². The van der Waals surface area contributed by atoms with E-state index in [2.05, 4.69) is 10.3 Å². The monoisotopic (exact) mass is 513 g/mol. The quantitative estimate of drug-likeness (QED) is 0.458. The fourth-order valence-electron chi connectivity index (χ4n) is 3.94. The minimum Gasteiger partial charge on any atom is -0.347 e. The number of nitrogens with zero attached hydrogens (tertiary/aromatic N) is 3. The molecule has 0 radical (unpaired) electrons. The van der Waals surface area contributed by atoms with Crippen molar-refractivity contribution in [3.05, 3.63) is 99.2 Å². The number of pyridine rings is 1. The van der Waals surface area contributed by atoms with E-state index in [1.807, 2.05) is 55.2 Å². The van der Waals surface area contributed by atoms with Gasteiger partial charge in [-0.3, -0.25) is 10.5 Å². The van der Waals surface area contributed by atoms with Crippen molar-refractivity contribution < 1.29 is 9.18 Å². The fraction of sp³-hybridized carbons (Fsp3) is 0.231. The van der Waals surface area contributed by atoms with E-state index in [1.165, 1.54) is 12.1 Å². The Kier molecular flexibility index (Phi) is 7.31. The molecule has 6 nitrogen and oxygen atoms in total. The van der Waals surface area contributed by atoms with Crippen LogP contribution < -0.4 is 11.1 Å². The molecular weight excluding hydrogens is 488 g/mol. The van der Waals surface area contributed by atoms with Crippen LogP contribution in [0.2, 0.25) is 10.0 Å². The van der Waals surface area contributed by atoms with Crippen molar-refractivity contribution in [2.75, 3.05) is 7.05 Å². The van der Waals surface area contributed by atoms with E-state index in [0.29, 0.717) is 22.3 Å². The van der Waals surface area contributed by atoms with Gasteiger partial charge in [0.05, 0.1) is 21.8 Å². The van der Waals surface area contributed by atoms with Crippen molar-refractivity contribution in [1.29, 1.82) is 0 Å². The molecule has 2 heterocycles. The number of carbonyl (C=O) groups excluding carboxylic acids is 1. The van der Waals surface area contributed by atoms with Gasteiger partial charge in [0.1, 0.15) is 11.5 Å². The van der Waals surface area contributed by atoms with Crippen molar-refractivity contribution in [1.82, 2.24) is 20.1 Å². The molecule has 0 bridgehead atoms. The molecule has 9 heteroatoms. The van der Waals surface area contributed by atoms with Crippen LogP contribution in [-0.4, -0.2) is 34.0 Å². The summed E-state index contributed by atoms with van der Waals surface area (Å²) in [4.78, 5) is 21.7. The maximum absolute atomic E-state index is 13.7. The second kappa shape index (κ2) is 10.2. The predicted octanol–water partition coefficient (Wildman–Crippen LogP) is 5.45. The van der Waals surface area contributed by atoms with Gasteiger partial charge in [-0.25, -0.2) is 9.37 Å². The summed E-state index contributed by atoms with van der Waals surface area (Å²) in [6, 6.07) is 13.1. The van der Waals surface area contributed by atoms with E-state index in [0.717, 1.165) is 22.3 Å². The number of aryl methyl sites for hydroxylation is 1. The van der Waals surface area contributed by atoms with Gasteiger partial charge in [0.2, 0.25) is 0 Å². The van der Waals surface area contributed by atoms with E-state index < -0.39 is 0 Å². The lowest BCUT2D eigenvalue weighted by Gasteiger charge is -2.27. The summed E-state index contributed by atoms with van der Waals surface area (Å²) in [7, 11) is 1.89. The first-order valence-electron chi connectivity index (χ1n) is 11.1. The van der Waals surface area contributed by atoms with Crippen LogP contribution >= 0.6 is 23.2 Å². The minimum atomic E-state index is -0.343. The highest BCUT2D eigenvalue weighted by atomic mass is 35.5. The highest BCUT2D eigenvalue weighted by molar-refractivity contribution is 6.42. The average Bonchev–Trinajstić information content (AvgIpc) is 3.12. The molecule has 1 aliphatic heterocycles. The summed E-state index contributed by atoms with van der Waals surface area (Å²) in [5, 5.41) is 3.84. The Hall–Kier alpha value is -3.13. The summed E-state index contributed by atoms with van der Waals surface area (Å²) in [5.74, 6) is -0.670. The first-order chi connectivity index (χ1) is 16.6. The van der Waals surface area contributed by atoms with E-state index in [4.69, 9.17) is 28.9 Å². The van der Waals surface area contributed by atoms with Gasteiger partial charge < -0.3 is 15.1 Å². The molecule has 2 atom stereocenters. The number of hydrogen-bond acceptors (Lipinski definition) is 5. The zero-order valence-corrected chi connectivity index (χ0v) is 21.1.